The molecule has 0 saturated heterocycles. The first-order valence-corrected chi connectivity index (χ1v) is 3.16. The Morgan fingerprint density at radius 1 is 1.56 bits per heavy atom. The van der Waals surface area contributed by atoms with Crippen LogP contribution in [-0.2, 0) is 0 Å². The molecule has 1 rings (SSSR count). The van der Waals surface area contributed by atoms with Crippen LogP contribution in [-0.4, -0.2) is 12.1 Å². The second kappa shape index (κ2) is 2.79. The van der Waals surface area contributed by atoms with Gasteiger partial charge in [0, 0.05) is 0 Å². The van der Waals surface area contributed by atoms with E-state index in [1.54, 1.807) is 13.3 Å². The van der Waals surface area contributed by atoms with Crippen LogP contribution >= 0.6 is 9.24 Å². The topological polar surface area (TPSA) is 22.1 Å². The van der Waals surface area contributed by atoms with Crippen LogP contribution in [0.3, 0.4) is 0 Å². The van der Waals surface area contributed by atoms with Gasteiger partial charge in [-0.25, -0.2) is 0 Å². The van der Waals surface area contributed by atoms with E-state index in [0.717, 1.165) is 11.2 Å². The zero-order chi connectivity index (χ0) is 6.69. The maximum atomic E-state index is 4.90. The highest BCUT2D eigenvalue weighted by atomic mass is 31.0. The summed E-state index contributed by atoms with van der Waals surface area (Å²) in [6.45, 7) is 0. The number of methoxy groups -OCH3 is 1. The Balaban J connectivity index is 2.88. The maximum absolute atomic E-state index is 4.90. The highest BCUT2D eigenvalue weighted by Gasteiger charge is 1.87. The van der Waals surface area contributed by atoms with Gasteiger partial charge in [-0.3, -0.25) is 4.98 Å². The molecule has 0 aromatic carbocycles. The van der Waals surface area contributed by atoms with Crippen molar-refractivity contribution in [1.29, 1.82) is 0 Å². The first kappa shape index (κ1) is 6.50. The molecule has 0 fully saturated rings. The minimum absolute atomic E-state index is 0.793. The molecule has 0 N–H and O–H groups in total. The minimum atomic E-state index is 0.793. The molecular weight excluding hydrogens is 133 g/mol. The van der Waals surface area contributed by atoms with Crippen LogP contribution in [0.4, 0.5) is 0 Å². The molecule has 0 aliphatic carbocycles. The van der Waals surface area contributed by atoms with E-state index in [2.05, 4.69) is 14.2 Å². The van der Waals surface area contributed by atoms with Crippen molar-refractivity contribution >= 4 is 14.7 Å². The molecule has 0 amide bonds. The van der Waals surface area contributed by atoms with Gasteiger partial charge >= 0.3 is 0 Å². The van der Waals surface area contributed by atoms with E-state index >= 15 is 0 Å². The Labute approximate surface area is 56.5 Å². The summed E-state index contributed by atoms with van der Waals surface area (Å²) >= 11 is 0. The Kier molecular flexibility index (Phi) is 2.01. The van der Waals surface area contributed by atoms with E-state index in [1.807, 2.05) is 12.1 Å². The van der Waals surface area contributed by atoms with Gasteiger partial charge in [0.15, 0.2) is 0 Å². The molecule has 0 aliphatic heterocycles. The van der Waals surface area contributed by atoms with Crippen molar-refractivity contribution in [1.82, 2.24) is 4.98 Å². The molecule has 3 heteroatoms. The number of hydrogen-bond donors (Lipinski definition) is 0. The van der Waals surface area contributed by atoms with Crippen LogP contribution < -0.4 is 10.2 Å². The van der Waals surface area contributed by atoms with E-state index in [1.165, 1.54) is 0 Å². The van der Waals surface area contributed by atoms with Crippen molar-refractivity contribution in [2.75, 3.05) is 7.11 Å². The highest BCUT2D eigenvalue weighted by molar-refractivity contribution is 7.26. The molecule has 1 heterocycles. The third-order valence-electron chi connectivity index (χ3n) is 0.995. The van der Waals surface area contributed by atoms with E-state index in [0.29, 0.717) is 0 Å². The van der Waals surface area contributed by atoms with Gasteiger partial charge in [-0.15, -0.1) is 0 Å². The lowest BCUT2D eigenvalue weighted by Gasteiger charge is -1.96. The van der Waals surface area contributed by atoms with Crippen LogP contribution in [0, 0.1) is 0 Å². The molecular formula is C6H8NOP. The first-order valence-electron chi connectivity index (χ1n) is 2.58. The number of nitrogens with zero attached hydrogens (tertiary/aromatic N) is 1. The molecule has 1 aromatic heterocycles. The molecule has 9 heavy (non-hydrogen) atoms. The van der Waals surface area contributed by atoms with Crippen LogP contribution in [0.25, 0.3) is 0 Å². The smallest absolute Gasteiger partial charge is 0.137 e. The summed E-state index contributed by atoms with van der Waals surface area (Å²) in [5.41, 5.74) is 0.927. The Bertz CT molecular complexity index is 185. The monoisotopic (exact) mass is 141 g/mol. The summed E-state index contributed by atoms with van der Waals surface area (Å²) < 4.78 is 4.90. The van der Waals surface area contributed by atoms with Gasteiger partial charge in [0.05, 0.1) is 18.7 Å². The van der Waals surface area contributed by atoms with Crippen molar-refractivity contribution in [3.8, 4) is 5.75 Å². The molecule has 1 atom stereocenters. The van der Waals surface area contributed by atoms with Gasteiger partial charge in [0.25, 0.3) is 0 Å². The van der Waals surface area contributed by atoms with Crippen molar-refractivity contribution < 1.29 is 4.74 Å². The zero-order valence-electron chi connectivity index (χ0n) is 5.16. The van der Waals surface area contributed by atoms with E-state index in [4.69, 9.17) is 4.74 Å². The summed E-state index contributed by atoms with van der Waals surface area (Å²) in [6, 6.07) is 3.75. The average Bonchev–Trinajstić information content (AvgIpc) is 1.90. The molecule has 0 saturated carbocycles. The zero-order valence-corrected chi connectivity index (χ0v) is 6.32. The Morgan fingerprint density at radius 3 is 2.78 bits per heavy atom. The molecule has 0 radical (unpaired) electrons. The van der Waals surface area contributed by atoms with Crippen molar-refractivity contribution in [2.45, 2.75) is 0 Å². The summed E-state index contributed by atoms with van der Waals surface area (Å²) in [5.74, 6) is 0.793. The minimum Gasteiger partial charge on any atom is -0.495 e. The SMILES string of the molecule is COc1ccc(P)nc1. The summed E-state index contributed by atoms with van der Waals surface area (Å²) in [4.78, 5) is 3.99. The van der Waals surface area contributed by atoms with E-state index in [9.17, 15) is 0 Å². The van der Waals surface area contributed by atoms with E-state index < -0.39 is 0 Å². The lowest BCUT2D eigenvalue weighted by Crippen LogP contribution is -1.95. The van der Waals surface area contributed by atoms with Crippen LogP contribution in [0.1, 0.15) is 0 Å². The van der Waals surface area contributed by atoms with Crippen molar-refractivity contribution in [2.24, 2.45) is 0 Å². The van der Waals surface area contributed by atoms with Gasteiger partial charge in [-0.1, -0.05) is 9.24 Å². The normalized spacial score (nSPS) is 9.11. The molecule has 0 spiro atoms. The maximum Gasteiger partial charge on any atom is 0.137 e. The fourth-order valence-corrected chi connectivity index (χ4v) is 0.683. The molecule has 2 nitrogen and oxygen atoms in total. The number of ether oxygens (including phenoxy) is 1. The Morgan fingerprint density at radius 2 is 2.33 bits per heavy atom. The molecule has 0 aliphatic rings. The third kappa shape index (κ3) is 1.65. The largest absolute Gasteiger partial charge is 0.495 e. The predicted molar refractivity (Wildman–Crippen MR) is 40.1 cm³/mol. The van der Waals surface area contributed by atoms with Crippen LogP contribution in [0.5, 0.6) is 5.75 Å². The number of aromatic nitrogens is 1. The second-order valence-electron chi connectivity index (χ2n) is 1.62. The Hall–Kier alpha value is -0.620. The fraction of sp³-hybridized carbons (Fsp3) is 0.167. The lowest BCUT2D eigenvalue weighted by atomic mass is 10.5. The van der Waals surface area contributed by atoms with Crippen LogP contribution in [0.2, 0.25) is 0 Å². The molecule has 1 unspecified atom stereocenters. The average molecular weight is 141 g/mol. The second-order valence-corrected chi connectivity index (χ2v) is 2.21. The van der Waals surface area contributed by atoms with Crippen molar-refractivity contribution in [3.63, 3.8) is 0 Å². The van der Waals surface area contributed by atoms with E-state index in [-0.39, 0.29) is 0 Å². The predicted octanol–water partition coefficient (Wildman–Crippen LogP) is 0.591. The summed E-state index contributed by atoms with van der Waals surface area (Å²) in [5, 5.41) is 0. The number of pyridine rings is 1. The lowest BCUT2D eigenvalue weighted by molar-refractivity contribution is 0.413. The summed E-state index contributed by atoms with van der Waals surface area (Å²) in [6.07, 6.45) is 1.68. The van der Waals surface area contributed by atoms with Gasteiger partial charge in [0.2, 0.25) is 0 Å². The van der Waals surface area contributed by atoms with Gasteiger partial charge in [-0.05, 0) is 12.1 Å². The standard InChI is InChI=1S/C6H8NOP/c1-8-5-2-3-6(9)7-4-5/h2-4H,9H2,1H3. The molecule has 48 valence electrons. The highest BCUT2D eigenvalue weighted by Crippen LogP contribution is 2.03. The third-order valence-corrected chi connectivity index (χ3v) is 1.34. The van der Waals surface area contributed by atoms with Crippen molar-refractivity contribution in [3.05, 3.63) is 18.3 Å². The molecule has 0 bridgehead atoms. The summed E-state index contributed by atoms with van der Waals surface area (Å²) in [7, 11) is 4.13. The number of hydrogen-bond acceptors (Lipinski definition) is 2. The quantitative estimate of drug-likeness (QED) is 0.534. The first-order chi connectivity index (χ1) is 4.33. The van der Waals surface area contributed by atoms with Gasteiger partial charge < -0.3 is 4.74 Å². The number of rotatable bonds is 1. The van der Waals surface area contributed by atoms with Gasteiger partial charge in [-0.2, -0.15) is 0 Å². The van der Waals surface area contributed by atoms with Crippen LogP contribution in [0.15, 0.2) is 18.3 Å². The fourth-order valence-electron chi connectivity index (χ4n) is 0.512. The molecule has 1 aromatic rings. The van der Waals surface area contributed by atoms with Gasteiger partial charge in [0.1, 0.15) is 5.75 Å².